The predicted molar refractivity (Wildman–Crippen MR) is 105 cm³/mol. The van der Waals surface area contributed by atoms with Crippen LogP contribution in [0.4, 0.5) is 4.79 Å². The average Bonchev–Trinajstić information content (AvgIpc) is 2.92. The zero-order valence-corrected chi connectivity index (χ0v) is 16.8. The molecule has 29 heavy (non-hydrogen) atoms. The molecule has 0 aromatic heterocycles. The largest absolute Gasteiger partial charge is 0.486 e. The summed E-state index contributed by atoms with van der Waals surface area (Å²) in [4.78, 5) is 38.3. The van der Waals surface area contributed by atoms with Crippen molar-refractivity contribution in [1.29, 1.82) is 0 Å². The number of carbonyl (C=O) groups excluding carboxylic acids is 3. The van der Waals surface area contributed by atoms with Crippen LogP contribution >= 0.6 is 11.6 Å². The molecule has 3 aliphatic rings. The molecule has 156 valence electrons. The van der Waals surface area contributed by atoms with Gasteiger partial charge in [-0.05, 0) is 37.0 Å². The topological polar surface area (TPSA) is 97.0 Å². The minimum Gasteiger partial charge on any atom is -0.486 e. The molecule has 0 unspecified atom stereocenters. The molecule has 0 bridgehead atoms. The number of ether oxygens (including phenoxy) is 2. The highest BCUT2D eigenvalue weighted by molar-refractivity contribution is 6.32. The van der Waals surface area contributed by atoms with Crippen molar-refractivity contribution in [3.8, 4) is 11.5 Å². The highest BCUT2D eigenvalue weighted by Crippen LogP contribution is 2.38. The van der Waals surface area contributed by atoms with Crippen LogP contribution in [0.2, 0.25) is 5.02 Å². The molecule has 2 N–H and O–H groups in total. The summed E-state index contributed by atoms with van der Waals surface area (Å²) in [5, 5.41) is 6.04. The van der Waals surface area contributed by atoms with E-state index in [1.54, 1.807) is 6.07 Å². The first kappa shape index (κ1) is 19.8. The zero-order chi connectivity index (χ0) is 20.4. The van der Waals surface area contributed by atoms with Crippen molar-refractivity contribution in [3.05, 3.63) is 22.7 Å². The summed E-state index contributed by atoms with van der Waals surface area (Å²) in [7, 11) is 0. The fourth-order valence-corrected chi connectivity index (χ4v) is 4.46. The Morgan fingerprint density at radius 3 is 2.72 bits per heavy atom. The molecule has 2 heterocycles. The van der Waals surface area contributed by atoms with E-state index in [0.717, 1.165) is 29.7 Å². The van der Waals surface area contributed by atoms with Gasteiger partial charge >= 0.3 is 6.03 Å². The van der Waals surface area contributed by atoms with Gasteiger partial charge in [-0.3, -0.25) is 14.5 Å². The van der Waals surface area contributed by atoms with Crippen molar-refractivity contribution in [2.45, 2.75) is 44.1 Å². The number of amides is 4. The van der Waals surface area contributed by atoms with Gasteiger partial charge in [-0.2, -0.15) is 0 Å². The lowest BCUT2D eigenvalue weighted by molar-refractivity contribution is -0.135. The molecular weight excluding hydrogens is 398 g/mol. The Labute approximate surface area is 173 Å². The number of nitrogens with zero attached hydrogens (tertiary/aromatic N) is 1. The maximum Gasteiger partial charge on any atom is 0.325 e. The number of hydrogen-bond donors (Lipinski definition) is 2. The third-order valence-corrected chi connectivity index (χ3v) is 5.93. The second-order valence-corrected chi connectivity index (χ2v) is 8.07. The zero-order valence-electron chi connectivity index (χ0n) is 16.1. The van der Waals surface area contributed by atoms with Crippen molar-refractivity contribution in [2.24, 2.45) is 0 Å². The van der Waals surface area contributed by atoms with Crippen molar-refractivity contribution >= 4 is 29.4 Å². The van der Waals surface area contributed by atoms with Crippen LogP contribution in [0.25, 0.3) is 0 Å². The number of fused-ring (bicyclic) bond motifs is 1. The summed E-state index contributed by atoms with van der Waals surface area (Å²) >= 11 is 6.22. The van der Waals surface area contributed by atoms with E-state index in [0.29, 0.717) is 55.5 Å². The Kier molecular flexibility index (Phi) is 5.54. The summed E-state index contributed by atoms with van der Waals surface area (Å²) in [6.07, 6.45) is 4.69. The summed E-state index contributed by atoms with van der Waals surface area (Å²) in [5.41, 5.74) is 0.0908. The first-order chi connectivity index (χ1) is 14.0. The fourth-order valence-electron chi connectivity index (χ4n) is 4.17. The Morgan fingerprint density at radius 2 is 1.93 bits per heavy atom. The van der Waals surface area contributed by atoms with Crippen LogP contribution in [0, 0.1) is 0 Å². The van der Waals surface area contributed by atoms with Crippen LogP contribution in [0.3, 0.4) is 0 Å². The number of carbonyl (C=O) groups is 3. The first-order valence-electron chi connectivity index (χ1n) is 9.97. The van der Waals surface area contributed by atoms with Gasteiger partial charge in [0.05, 0.1) is 5.02 Å². The number of hydrogen-bond acceptors (Lipinski definition) is 5. The van der Waals surface area contributed by atoms with Crippen molar-refractivity contribution < 1.29 is 23.9 Å². The minimum atomic E-state index is -0.808. The molecule has 1 saturated heterocycles. The number of nitrogens with one attached hydrogen (secondary N) is 2. The molecule has 2 aliphatic heterocycles. The second-order valence-electron chi connectivity index (χ2n) is 7.67. The van der Waals surface area contributed by atoms with Gasteiger partial charge in [-0.15, -0.1) is 0 Å². The summed E-state index contributed by atoms with van der Waals surface area (Å²) in [6.45, 7) is 1.01. The van der Waals surface area contributed by atoms with Crippen LogP contribution in [-0.2, 0) is 16.0 Å². The van der Waals surface area contributed by atoms with E-state index < -0.39 is 11.6 Å². The van der Waals surface area contributed by atoms with Gasteiger partial charge in [-0.25, -0.2) is 4.79 Å². The molecule has 0 atom stereocenters. The molecule has 0 radical (unpaired) electrons. The van der Waals surface area contributed by atoms with Crippen molar-refractivity contribution in [1.82, 2.24) is 15.5 Å². The molecule has 2 fully saturated rings. The predicted octanol–water partition coefficient (Wildman–Crippen LogP) is 2.02. The van der Waals surface area contributed by atoms with Gasteiger partial charge in [-0.1, -0.05) is 30.9 Å². The molecule has 1 aromatic carbocycles. The van der Waals surface area contributed by atoms with Crippen LogP contribution in [0.1, 0.15) is 37.7 Å². The third kappa shape index (κ3) is 3.99. The number of halogens is 1. The fraction of sp³-hybridized carbons (Fsp3) is 0.550. The Morgan fingerprint density at radius 1 is 1.17 bits per heavy atom. The molecule has 9 heteroatoms. The Bertz CT molecular complexity index is 838. The van der Waals surface area contributed by atoms with E-state index in [9.17, 15) is 14.4 Å². The van der Waals surface area contributed by atoms with Gasteiger partial charge in [0.25, 0.3) is 5.91 Å². The first-order valence-corrected chi connectivity index (χ1v) is 10.4. The molecule has 8 nitrogen and oxygen atoms in total. The van der Waals surface area contributed by atoms with Gasteiger partial charge < -0.3 is 20.1 Å². The van der Waals surface area contributed by atoms with Crippen LogP contribution in [0.5, 0.6) is 11.5 Å². The number of imide groups is 1. The molecule has 1 spiro atoms. The normalized spacial score (nSPS) is 20.0. The van der Waals surface area contributed by atoms with E-state index in [2.05, 4.69) is 10.6 Å². The standard InChI is InChI=1S/C20H24ClN3O5/c21-14-10-13(11-15-17(14)29-9-8-28-15)4-7-22-16(25)12-24-18(26)20(23-19(24)27)5-2-1-3-6-20/h10-11H,1-9,12H2,(H,22,25)(H,23,27). The molecule has 1 aliphatic carbocycles. The molecule has 1 aromatic rings. The lowest BCUT2D eigenvalue weighted by Gasteiger charge is -2.30. The number of benzene rings is 1. The Balaban J connectivity index is 1.30. The monoisotopic (exact) mass is 421 g/mol. The molecule has 4 rings (SSSR count). The van der Waals surface area contributed by atoms with Crippen LogP contribution in [0.15, 0.2) is 12.1 Å². The Hall–Kier alpha value is -2.48. The molecular formula is C20H24ClN3O5. The summed E-state index contributed by atoms with van der Waals surface area (Å²) in [6, 6.07) is 3.15. The van der Waals surface area contributed by atoms with Gasteiger partial charge in [0.1, 0.15) is 25.3 Å². The van der Waals surface area contributed by atoms with Crippen molar-refractivity contribution in [3.63, 3.8) is 0 Å². The van der Waals surface area contributed by atoms with Crippen LogP contribution in [-0.4, -0.2) is 54.6 Å². The third-order valence-electron chi connectivity index (χ3n) is 5.65. The SMILES string of the molecule is O=C(CN1C(=O)NC2(CCCCC2)C1=O)NCCc1cc(Cl)c2c(c1)OCCO2. The van der Waals surface area contributed by atoms with E-state index >= 15 is 0 Å². The maximum atomic E-state index is 12.7. The van der Waals surface area contributed by atoms with Crippen molar-refractivity contribution in [2.75, 3.05) is 26.3 Å². The minimum absolute atomic E-state index is 0.270. The average molecular weight is 422 g/mol. The number of urea groups is 1. The summed E-state index contributed by atoms with van der Waals surface area (Å²) < 4.78 is 11.0. The lowest BCUT2D eigenvalue weighted by atomic mass is 9.82. The van der Waals surface area contributed by atoms with Gasteiger partial charge in [0.2, 0.25) is 5.91 Å². The number of rotatable bonds is 5. The lowest BCUT2D eigenvalue weighted by Crippen LogP contribution is -2.49. The maximum absolute atomic E-state index is 12.7. The van der Waals surface area contributed by atoms with Gasteiger partial charge in [0.15, 0.2) is 11.5 Å². The van der Waals surface area contributed by atoms with Gasteiger partial charge in [0, 0.05) is 6.54 Å². The highest BCUT2D eigenvalue weighted by atomic mass is 35.5. The molecule has 1 saturated carbocycles. The second kappa shape index (κ2) is 8.10. The van der Waals surface area contributed by atoms with E-state index in [-0.39, 0.29) is 18.4 Å². The van der Waals surface area contributed by atoms with Crippen LogP contribution < -0.4 is 20.1 Å². The van der Waals surface area contributed by atoms with E-state index in [4.69, 9.17) is 21.1 Å². The summed E-state index contributed by atoms with van der Waals surface area (Å²) in [5.74, 6) is 0.490. The smallest absolute Gasteiger partial charge is 0.325 e. The van der Waals surface area contributed by atoms with E-state index in [1.165, 1.54) is 0 Å². The molecule has 4 amide bonds. The highest BCUT2D eigenvalue weighted by Gasteiger charge is 2.51. The quantitative estimate of drug-likeness (QED) is 0.709. The van der Waals surface area contributed by atoms with E-state index in [1.807, 2.05) is 6.07 Å².